The highest BCUT2D eigenvalue weighted by atomic mass is 16.8. The molecular formula is C16H13N3O4. The van der Waals surface area contributed by atoms with E-state index in [9.17, 15) is 10.0 Å². The average molecular weight is 311 g/mol. The molecule has 3 aromatic rings. The van der Waals surface area contributed by atoms with Gasteiger partial charge < -0.3 is 9.94 Å². The molecule has 3 rings (SSSR count). The van der Waals surface area contributed by atoms with Gasteiger partial charge in [0.15, 0.2) is 6.61 Å². The molecule has 0 unspecified atom stereocenters. The number of aromatic nitrogens is 2. The first-order chi connectivity index (χ1) is 11.2. The molecule has 7 heteroatoms. The van der Waals surface area contributed by atoms with Crippen molar-refractivity contribution in [2.24, 2.45) is 0 Å². The van der Waals surface area contributed by atoms with E-state index in [0.717, 1.165) is 0 Å². The fourth-order valence-corrected chi connectivity index (χ4v) is 2.01. The molecule has 0 saturated carbocycles. The monoisotopic (exact) mass is 311 g/mol. The molecule has 1 amide bonds. The molecule has 7 nitrogen and oxygen atoms in total. The van der Waals surface area contributed by atoms with Crippen molar-refractivity contribution >= 4 is 11.8 Å². The van der Waals surface area contributed by atoms with Crippen LogP contribution in [0.1, 0.15) is 5.69 Å². The van der Waals surface area contributed by atoms with Gasteiger partial charge in [-0.15, -0.1) is 0 Å². The molecule has 0 aliphatic heterocycles. The highest BCUT2D eigenvalue weighted by molar-refractivity contribution is 5.84. The summed E-state index contributed by atoms with van der Waals surface area (Å²) in [7, 11) is 0. The van der Waals surface area contributed by atoms with E-state index in [0.29, 0.717) is 16.9 Å². The van der Waals surface area contributed by atoms with E-state index in [1.807, 2.05) is 24.3 Å². The zero-order chi connectivity index (χ0) is 16.1. The Morgan fingerprint density at radius 1 is 1.13 bits per heavy atom. The number of nitrogens with one attached hydrogen (secondary N) is 1. The SMILES string of the molecule is O=C(Nc1ccccc1)OCc1c(-c2ccccc2)no[n+]1[O-]. The van der Waals surface area contributed by atoms with Crippen molar-refractivity contribution in [3.05, 3.63) is 71.6 Å². The minimum atomic E-state index is -0.670. The van der Waals surface area contributed by atoms with E-state index < -0.39 is 6.09 Å². The normalized spacial score (nSPS) is 10.3. The second-order valence-electron chi connectivity index (χ2n) is 4.66. The van der Waals surface area contributed by atoms with Gasteiger partial charge in [-0.25, -0.2) is 4.79 Å². The van der Waals surface area contributed by atoms with Crippen LogP contribution in [-0.2, 0) is 11.3 Å². The fraction of sp³-hybridized carbons (Fsp3) is 0.0625. The summed E-state index contributed by atoms with van der Waals surface area (Å²) in [5.41, 5.74) is 1.77. The number of nitrogens with zero attached hydrogens (tertiary/aromatic N) is 2. The molecule has 0 atom stereocenters. The number of anilines is 1. The molecule has 1 aromatic heterocycles. The first kappa shape index (κ1) is 14.6. The Labute approximate surface area is 131 Å². The van der Waals surface area contributed by atoms with Crippen LogP contribution in [0.5, 0.6) is 0 Å². The van der Waals surface area contributed by atoms with Crippen LogP contribution in [0, 0.1) is 5.21 Å². The summed E-state index contributed by atoms with van der Waals surface area (Å²) in [4.78, 5) is 12.0. The Balaban J connectivity index is 1.69. The number of para-hydroxylation sites is 1. The van der Waals surface area contributed by atoms with Crippen LogP contribution < -0.4 is 10.2 Å². The first-order valence-corrected chi connectivity index (χ1v) is 6.87. The zero-order valence-corrected chi connectivity index (χ0v) is 12.0. The number of benzene rings is 2. The van der Waals surface area contributed by atoms with E-state index in [1.54, 1.807) is 36.4 Å². The number of amides is 1. The predicted octanol–water partition coefficient (Wildman–Crippen LogP) is 2.72. The third-order valence-electron chi connectivity index (χ3n) is 3.11. The summed E-state index contributed by atoms with van der Waals surface area (Å²) in [5.74, 6) is 0. The standard InChI is InChI=1S/C16H13N3O4/c20-16(17-13-9-5-2-6-10-13)22-11-14-15(18-23-19(14)21)12-7-3-1-4-8-12/h1-10H,11H2,(H,17,20). The topological polar surface area (TPSA) is 91.3 Å². The maximum Gasteiger partial charge on any atom is 0.412 e. The molecule has 2 aromatic carbocycles. The van der Waals surface area contributed by atoms with Crippen molar-refractivity contribution in [1.29, 1.82) is 0 Å². The number of ether oxygens (including phenoxy) is 1. The van der Waals surface area contributed by atoms with Crippen LogP contribution in [0.25, 0.3) is 11.3 Å². The lowest BCUT2D eigenvalue weighted by atomic mass is 10.1. The van der Waals surface area contributed by atoms with Crippen LogP contribution in [-0.4, -0.2) is 11.2 Å². The number of hydrogen-bond donors (Lipinski definition) is 1. The smallest absolute Gasteiger partial charge is 0.412 e. The van der Waals surface area contributed by atoms with Gasteiger partial charge in [-0.2, -0.15) is 0 Å². The minimum absolute atomic E-state index is 0.124. The third kappa shape index (κ3) is 3.46. The van der Waals surface area contributed by atoms with E-state index in [4.69, 9.17) is 4.74 Å². The third-order valence-corrected chi connectivity index (χ3v) is 3.11. The van der Waals surface area contributed by atoms with Crippen LogP contribution in [0.3, 0.4) is 0 Å². The van der Waals surface area contributed by atoms with Gasteiger partial charge in [0.25, 0.3) is 5.69 Å². The van der Waals surface area contributed by atoms with Crippen LogP contribution in [0.4, 0.5) is 10.5 Å². The summed E-state index contributed by atoms with van der Waals surface area (Å²) < 4.78 is 9.66. The zero-order valence-electron chi connectivity index (χ0n) is 12.0. The summed E-state index contributed by atoms with van der Waals surface area (Å²) in [6.07, 6.45) is -0.670. The van der Waals surface area contributed by atoms with Gasteiger partial charge in [0, 0.05) is 16.4 Å². The number of hydrogen-bond acceptors (Lipinski definition) is 5. The van der Waals surface area contributed by atoms with Crippen LogP contribution >= 0.6 is 0 Å². The summed E-state index contributed by atoms with van der Waals surface area (Å²) in [6.45, 7) is -0.254. The lowest BCUT2D eigenvalue weighted by molar-refractivity contribution is -0.808. The minimum Gasteiger partial charge on any atom is -0.440 e. The number of rotatable bonds is 4. The van der Waals surface area contributed by atoms with Crippen LogP contribution in [0.15, 0.2) is 65.3 Å². The molecule has 1 heterocycles. The van der Waals surface area contributed by atoms with E-state index in [2.05, 4.69) is 15.1 Å². The maximum atomic E-state index is 11.8. The van der Waals surface area contributed by atoms with Gasteiger partial charge >= 0.3 is 6.09 Å². The van der Waals surface area contributed by atoms with Gasteiger partial charge in [-0.3, -0.25) is 9.95 Å². The van der Waals surface area contributed by atoms with Crippen molar-refractivity contribution in [2.45, 2.75) is 6.61 Å². The summed E-state index contributed by atoms with van der Waals surface area (Å²) in [5, 5.41) is 17.9. The Kier molecular flexibility index (Phi) is 4.19. The highest BCUT2D eigenvalue weighted by Gasteiger charge is 2.22. The number of carbonyl (C=O) groups is 1. The molecule has 0 radical (unpaired) electrons. The molecule has 0 aliphatic rings. The molecule has 0 aliphatic carbocycles. The van der Waals surface area contributed by atoms with Gasteiger partial charge in [-0.05, 0) is 17.0 Å². The molecule has 0 bridgehead atoms. The van der Waals surface area contributed by atoms with Crippen molar-refractivity contribution in [2.75, 3.05) is 5.32 Å². The Hall–Kier alpha value is -3.35. The molecule has 0 fully saturated rings. The lowest BCUT2D eigenvalue weighted by Gasteiger charge is -2.05. The van der Waals surface area contributed by atoms with Crippen molar-refractivity contribution in [1.82, 2.24) is 5.16 Å². The number of carbonyl (C=O) groups excluding carboxylic acids is 1. The Morgan fingerprint density at radius 2 is 1.78 bits per heavy atom. The van der Waals surface area contributed by atoms with Gasteiger partial charge in [0.1, 0.15) is 0 Å². The van der Waals surface area contributed by atoms with E-state index in [1.165, 1.54) is 0 Å². The van der Waals surface area contributed by atoms with E-state index in [-0.39, 0.29) is 17.2 Å². The van der Waals surface area contributed by atoms with Crippen molar-refractivity contribution in [3.63, 3.8) is 0 Å². The molecule has 0 spiro atoms. The van der Waals surface area contributed by atoms with Crippen molar-refractivity contribution in [3.8, 4) is 11.3 Å². The van der Waals surface area contributed by atoms with Gasteiger partial charge in [0.05, 0.1) is 0 Å². The average Bonchev–Trinajstić information content (AvgIpc) is 2.95. The van der Waals surface area contributed by atoms with E-state index >= 15 is 0 Å². The molecule has 23 heavy (non-hydrogen) atoms. The van der Waals surface area contributed by atoms with Gasteiger partial charge in [0.2, 0.25) is 5.69 Å². The second kappa shape index (κ2) is 6.61. The molecule has 0 saturated heterocycles. The largest absolute Gasteiger partial charge is 0.440 e. The van der Waals surface area contributed by atoms with Crippen molar-refractivity contribution < 1.29 is 19.1 Å². The Bertz CT molecular complexity index is 788. The summed E-state index contributed by atoms with van der Waals surface area (Å²) in [6, 6.07) is 17.9. The highest BCUT2D eigenvalue weighted by Crippen LogP contribution is 2.19. The second-order valence-corrected chi connectivity index (χ2v) is 4.66. The molecule has 116 valence electrons. The Morgan fingerprint density at radius 3 is 2.48 bits per heavy atom. The summed E-state index contributed by atoms with van der Waals surface area (Å²) >= 11 is 0. The predicted molar refractivity (Wildman–Crippen MR) is 81.1 cm³/mol. The maximum absolute atomic E-state index is 11.8. The van der Waals surface area contributed by atoms with Crippen LogP contribution in [0.2, 0.25) is 0 Å². The van der Waals surface area contributed by atoms with Gasteiger partial charge in [-0.1, -0.05) is 48.5 Å². The fourth-order valence-electron chi connectivity index (χ4n) is 2.01. The molecular weight excluding hydrogens is 298 g/mol. The lowest BCUT2D eigenvalue weighted by Crippen LogP contribution is -2.29. The first-order valence-electron chi connectivity index (χ1n) is 6.87. The quantitative estimate of drug-likeness (QED) is 0.748. The molecule has 1 N–H and O–H groups in total.